The van der Waals surface area contributed by atoms with Gasteiger partial charge in [0.15, 0.2) is 0 Å². The molecular formula is C25H29N3O2. The fourth-order valence-corrected chi connectivity index (χ4v) is 4.20. The summed E-state index contributed by atoms with van der Waals surface area (Å²) in [6.45, 7) is 3.48. The smallest absolute Gasteiger partial charge is 0.244 e. The number of rotatable bonds is 6. The number of carbonyl (C=O) groups is 2. The summed E-state index contributed by atoms with van der Waals surface area (Å²) in [6, 6.07) is 16.1. The summed E-state index contributed by atoms with van der Waals surface area (Å²) in [4.78, 5) is 28.4. The molecule has 156 valence electrons. The van der Waals surface area contributed by atoms with Crippen LogP contribution in [0.3, 0.4) is 0 Å². The first-order valence-corrected chi connectivity index (χ1v) is 10.9. The lowest BCUT2D eigenvalue weighted by molar-refractivity contribution is -0.117. The standard InChI is InChI=1S/C25H29N3O2/c29-24(15-12-20-10-13-22(14-11-20)28-18-6-9-25(28)30)26-19-21-7-2-3-8-23(21)27-16-4-1-5-17-27/h2-3,7-8,10-15H,1,4-6,9,16-19H2,(H,26,29)/b15-12+. The number of amides is 2. The second-order valence-electron chi connectivity index (χ2n) is 7.97. The Labute approximate surface area is 178 Å². The number of hydrogen-bond donors (Lipinski definition) is 1. The molecule has 5 heteroatoms. The Morgan fingerprint density at radius 2 is 1.70 bits per heavy atom. The van der Waals surface area contributed by atoms with E-state index in [2.05, 4.69) is 28.4 Å². The zero-order valence-electron chi connectivity index (χ0n) is 17.3. The molecule has 2 fully saturated rings. The highest BCUT2D eigenvalue weighted by atomic mass is 16.2. The van der Waals surface area contributed by atoms with Crippen molar-refractivity contribution < 1.29 is 9.59 Å². The number of hydrogen-bond acceptors (Lipinski definition) is 3. The topological polar surface area (TPSA) is 52.7 Å². The first kappa shape index (κ1) is 20.2. The lowest BCUT2D eigenvalue weighted by atomic mass is 10.1. The molecule has 0 bridgehead atoms. The molecule has 0 radical (unpaired) electrons. The Hall–Kier alpha value is -3.08. The van der Waals surface area contributed by atoms with Gasteiger partial charge in [-0.05, 0) is 61.1 Å². The number of nitrogens with one attached hydrogen (secondary N) is 1. The van der Waals surface area contributed by atoms with Crippen LogP contribution in [0.5, 0.6) is 0 Å². The summed E-state index contributed by atoms with van der Waals surface area (Å²) in [6.07, 6.45) is 8.68. The first-order valence-electron chi connectivity index (χ1n) is 10.9. The maximum atomic E-state index is 12.3. The molecule has 0 unspecified atom stereocenters. The number of carbonyl (C=O) groups excluding carboxylic acids is 2. The van der Waals surface area contributed by atoms with E-state index in [0.717, 1.165) is 42.9 Å². The largest absolute Gasteiger partial charge is 0.371 e. The molecular weight excluding hydrogens is 374 g/mol. The van der Waals surface area contributed by atoms with Crippen LogP contribution in [0.25, 0.3) is 6.08 Å². The molecule has 5 nitrogen and oxygen atoms in total. The van der Waals surface area contributed by atoms with Gasteiger partial charge in [-0.2, -0.15) is 0 Å². The van der Waals surface area contributed by atoms with Crippen molar-refractivity contribution in [1.82, 2.24) is 5.32 Å². The third-order valence-electron chi connectivity index (χ3n) is 5.85. The van der Waals surface area contributed by atoms with Gasteiger partial charge in [-0.15, -0.1) is 0 Å². The molecule has 0 aromatic heterocycles. The van der Waals surface area contributed by atoms with Crippen LogP contribution < -0.4 is 15.1 Å². The Kier molecular flexibility index (Phi) is 6.47. The minimum Gasteiger partial charge on any atom is -0.371 e. The van der Waals surface area contributed by atoms with Crippen molar-refractivity contribution in [3.05, 3.63) is 65.7 Å². The predicted molar refractivity (Wildman–Crippen MR) is 121 cm³/mol. The molecule has 0 saturated carbocycles. The van der Waals surface area contributed by atoms with Gasteiger partial charge in [-0.3, -0.25) is 9.59 Å². The summed E-state index contributed by atoms with van der Waals surface area (Å²) >= 11 is 0. The van der Waals surface area contributed by atoms with Crippen LogP contribution in [0.2, 0.25) is 0 Å². The maximum Gasteiger partial charge on any atom is 0.244 e. The Morgan fingerprint density at radius 1 is 0.933 bits per heavy atom. The van der Waals surface area contributed by atoms with Gasteiger partial charge >= 0.3 is 0 Å². The molecule has 2 amide bonds. The van der Waals surface area contributed by atoms with Crippen LogP contribution in [-0.2, 0) is 16.1 Å². The molecule has 2 saturated heterocycles. The molecule has 2 aromatic carbocycles. The van der Waals surface area contributed by atoms with Gasteiger partial charge in [-0.1, -0.05) is 30.3 Å². The summed E-state index contributed by atoms with van der Waals surface area (Å²) in [5, 5.41) is 3.01. The quantitative estimate of drug-likeness (QED) is 0.738. The average molecular weight is 404 g/mol. The van der Waals surface area contributed by atoms with Crippen molar-refractivity contribution >= 4 is 29.3 Å². The highest BCUT2D eigenvalue weighted by Crippen LogP contribution is 2.24. The van der Waals surface area contributed by atoms with Crippen LogP contribution in [0.15, 0.2) is 54.6 Å². The van der Waals surface area contributed by atoms with Crippen LogP contribution in [0, 0.1) is 0 Å². The lowest BCUT2D eigenvalue weighted by Crippen LogP contribution is -2.31. The van der Waals surface area contributed by atoms with Crippen LogP contribution in [0.4, 0.5) is 11.4 Å². The Bertz CT molecular complexity index is 914. The average Bonchev–Trinajstić information content (AvgIpc) is 3.23. The molecule has 2 aliphatic heterocycles. The van der Waals surface area contributed by atoms with Crippen molar-refractivity contribution in [3.63, 3.8) is 0 Å². The number of nitrogens with zero attached hydrogens (tertiary/aromatic N) is 2. The highest BCUT2D eigenvalue weighted by molar-refractivity contribution is 5.95. The van der Waals surface area contributed by atoms with Gasteiger partial charge in [0.2, 0.25) is 11.8 Å². The SMILES string of the molecule is O=C(/C=C/c1ccc(N2CCCC2=O)cc1)NCc1ccccc1N1CCCCC1. The molecule has 0 atom stereocenters. The summed E-state index contributed by atoms with van der Waals surface area (Å²) in [5.74, 6) is 0.0738. The van der Waals surface area contributed by atoms with E-state index in [1.54, 1.807) is 6.08 Å². The Balaban J connectivity index is 1.33. The minimum absolute atomic E-state index is 0.109. The van der Waals surface area contributed by atoms with E-state index in [1.807, 2.05) is 41.3 Å². The van der Waals surface area contributed by atoms with E-state index in [1.165, 1.54) is 24.9 Å². The fourth-order valence-electron chi connectivity index (χ4n) is 4.20. The molecule has 2 heterocycles. The molecule has 1 N–H and O–H groups in total. The lowest BCUT2D eigenvalue weighted by Gasteiger charge is -2.30. The second-order valence-corrected chi connectivity index (χ2v) is 7.97. The van der Waals surface area contributed by atoms with E-state index < -0.39 is 0 Å². The molecule has 2 aromatic rings. The maximum absolute atomic E-state index is 12.3. The van der Waals surface area contributed by atoms with Crippen molar-refractivity contribution in [2.75, 3.05) is 29.4 Å². The van der Waals surface area contributed by atoms with Gasteiger partial charge in [0.1, 0.15) is 0 Å². The van der Waals surface area contributed by atoms with Gasteiger partial charge < -0.3 is 15.1 Å². The van der Waals surface area contributed by atoms with Crippen molar-refractivity contribution in [3.8, 4) is 0 Å². The summed E-state index contributed by atoms with van der Waals surface area (Å²) in [7, 11) is 0. The van der Waals surface area contributed by atoms with E-state index in [0.29, 0.717) is 13.0 Å². The monoisotopic (exact) mass is 403 g/mol. The van der Waals surface area contributed by atoms with Gasteiger partial charge in [0, 0.05) is 50.1 Å². The van der Waals surface area contributed by atoms with Crippen LogP contribution >= 0.6 is 0 Å². The number of benzene rings is 2. The predicted octanol–water partition coefficient (Wildman–Crippen LogP) is 4.13. The van der Waals surface area contributed by atoms with E-state index >= 15 is 0 Å². The van der Waals surface area contributed by atoms with Crippen LogP contribution in [0.1, 0.15) is 43.2 Å². The van der Waals surface area contributed by atoms with E-state index in [9.17, 15) is 9.59 Å². The minimum atomic E-state index is -0.109. The number of anilines is 2. The van der Waals surface area contributed by atoms with Gasteiger partial charge in [0.05, 0.1) is 0 Å². The van der Waals surface area contributed by atoms with E-state index in [-0.39, 0.29) is 11.8 Å². The van der Waals surface area contributed by atoms with Gasteiger partial charge in [-0.25, -0.2) is 0 Å². The first-order chi connectivity index (χ1) is 14.7. The zero-order valence-corrected chi connectivity index (χ0v) is 17.3. The molecule has 0 spiro atoms. The Morgan fingerprint density at radius 3 is 2.43 bits per heavy atom. The normalized spacial score (nSPS) is 17.0. The second kappa shape index (κ2) is 9.61. The fraction of sp³-hybridized carbons (Fsp3) is 0.360. The molecule has 0 aliphatic carbocycles. The van der Waals surface area contributed by atoms with Crippen molar-refractivity contribution in [2.24, 2.45) is 0 Å². The third-order valence-corrected chi connectivity index (χ3v) is 5.85. The highest BCUT2D eigenvalue weighted by Gasteiger charge is 2.21. The molecule has 30 heavy (non-hydrogen) atoms. The summed E-state index contributed by atoms with van der Waals surface area (Å²) < 4.78 is 0. The van der Waals surface area contributed by atoms with Crippen molar-refractivity contribution in [1.29, 1.82) is 0 Å². The molecule has 2 aliphatic rings. The van der Waals surface area contributed by atoms with Crippen molar-refractivity contribution in [2.45, 2.75) is 38.6 Å². The zero-order chi connectivity index (χ0) is 20.8. The third kappa shape index (κ3) is 4.90. The number of para-hydroxylation sites is 1. The number of piperidine rings is 1. The molecule has 4 rings (SSSR count). The summed E-state index contributed by atoms with van der Waals surface area (Å²) in [5.41, 5.74) is 4.25. The van der Waals surface area contributed by atoms with Crippen LogP contribution in [-0.4, -0.2) is 31.4 Å². The van der Waals surface area contributed by atoms with E-state index in [4.69, 9.17) is 0 Å². The van der Waals surface area contributed by atoms with Gasteiger partial charge in [0.25, 0.3) is 0 Å².